The molecule has 6 atom stereocenters. The number of aliphatic hydroxyl groups is 2. The van der Waals surface area contributed by atoms with E-state index in [0.29, 0.717) is 25.0 Å². The topological polar surface area (TPSA) is 65.5 Å². The monoisotopic (exact) mass is 198 g/mol. The van der Waals surface area contributed by atoms with Crippen LogP contribution in [0.15, 0.2) is 0 Å². The van der Waals surface area contributed by atoms with Gasteiger partial charge in [0, 0.05) is 25.7 Å². The molecular weight excluding hydrogens is 184 g/mol. The lowest BCUT2D eigenvalue weighted by Crippen LogP contribution is -2.47. The van der Waals surface area contributed by atoms with Gasteiger partial charge in [-0.15, -0.1) is 0 Å². The average molecular weight is 198 g/mol. The van der Waals surface area contributed by atoms with E-state index >= 15 is 0 Å². The van der Waals surface area contributed by atoms with Gasteiger partial charge in [0.05, 0.1) is 24.4 Å². The molecule has 4 fully saturated rings. The first-order valence-corrected chi connectivity index (χ1v) is 5.36. The Morgan fingerprint density at radius 1 is 0.857 bits per heavy atom. The normalized spacial score (nSPS) is 69.0. The Bertz CT molecular complexity index is 278. The van der Waals surface area contributed by atoms with E-state index in [9.17, 15) is 10.2 Å². The first-order chi connectivity index (χ1) is 6.64. The van der Waals surface area contributed by atoms with E-state index in [4.69, 9.17) is 9.47 Å². The van der Waals surface area contributed by atoms with Crippen molar-refractivity contribution < 1.29 is 19.7 Å². The maximum atomic E-state index is 9.63. The minimum absolute atomic E-state index is 0.149. The Hall–Kier alpha value is -0.160. The van der Waals surface area contributed by atoms with Crippen LogP contribution < -0.4 is 0 Å². The highest BCUT2D eigenvalue weighted by Gasteiger charge is 2.79. The smallest absolute Gasteiger partial charge is 0.103 e. The van der Waals surface area contributed by atoms with Gasteiger partial charge in [-0.25, -0.2) is 0 Å². The Morgan fingerprint density at radius 3 is 1.86 bits per heavy atom. The average Bonchev–Trinajstić information content (AvgIpc) is 2.91. The van der Waals surface area contributed by atoms with Crippen molar-refractivity contribution in [3.05, 3.63) is 0 Å². The standard InChI is InChI=1S/C10H14O4/c11-5-1-9-3-7-8(13-7)4-10(9,14-9)2-6(5)12/h5-8,11-12H,1-4H2/t5-,6+,7?,8?,9?,10?. The number of fused-ring (bicyclic) bond motifs is 1. The van der Waals surface area contributed by atoms with Gasteiger partial charge in [0.2, 0.25) is 0 Å². The van der Waals surface area contributed by atoms with Crippen molar-refractivity contribution in [3.63, 3.8) is 0 Å². The van der Waals surface area contributed by atoms with Gasteiger partial charge in [-0.1, -0.05) is 0 Å². The van der Waals surface area contributed by atoms with Crippen LogP contribution in [0.5, 0.6) is 0 Å². The second-order valence-electron chi connectivity index (χ2n) is 5.25. The third-order valence-electron chi connectivity index (χ3n) is 4.45. The number of hydrogen-bond donors (Lipinski definition) is 2. The number of rotatable bonds is 0. The van der Waals surface area contributed by atoms with Gasteiger partial charge in [0.15, 0.2) is 0 Å². The highest BCUT2D eigenvalue weighted by Crippen LogP contribution is 2.67. The maximum absolute atomic E-state index is 9.63. The summed E-state index contributed by atoms with van der Waals surface area (Å²) in [6.07, 6.45) is 2.52. The van der Waals surface area contributed by atoms with Crippen LogP contribution in [0.25, 0.3) is 0 Å². The van der Waals surface area contributed by atoms with Crippen LogP contribution in [-0.2, 0) is 9.47 Å². The van der Waals surface area contributed by atoms with Crippen molar-refractivity contribution >= 4 is 0 Å². The Kier molecular flexibility index (Phi) is 1.16. The summed E-state index contributed by atoms with van der Waals surface area (Å²) in [4.78, 5) is 0. The molecule has 2 aliphatic carbocycles. The quantitative estimate of drug-likeness (QED) is 0.518. The minimum atomic E-state index is -0.610. The third kappa shape index (κ3) is 0.758. The SMILES string of the molecule is O[C@@H]1CC23CC4OC4CC2(C[C@@H]1O)O3. The number of hydrogen-bond acceptors (Lipinski definition) is 4. The molecule has 4 unspecified atom stereocenters. The largest absolute Gasteiger partial charge is 0.390 e. The molecule has 4 aliphatic rings. The molecule has 0 aromatic carbocycles. The summed E-state index contributed by atoms with van der Waals surface area (Å²) in [5.74, 6) is 0. The summed E-state index contributed by atoms with van der Waals surface area (Å²) in [6, 6.07) is 0. The minimum Gasteiger partial charge on any atom is -0.390 e. The van der Waals surface area contributed by atoms with Crippen LogP contribution in [0.1, 0.15) is 25.7 Å². The zero-order valence-corrected chi connectivity index (χ0v) is 7.85. The molecular formula is C10H14O4. The number of epoxide rings is 2. The van der Waals surface area contributed by atoms with Gasteiger partial charge < -0.3 is 19.7 Å². The molecule has 2 N–H and O–H groups in total. The summed E-state index contributed by atoms with van der Waals surface area (Å²) in [6.45, 7) is 0. The molecule has 0 amide bonds. The molecule has 2 saturated carbocycles. The van der Waals surface area contributed by atoms with Gasteiger partial charge in [-0.2, -0.15) is 0 Å². The van der Waals surface area contributed by atoms with Crippen LogP contribution in [0.3, 0.4) is 0 Å². The predicted molar refractivity (Wildman–Crippen MR) is 45.7 cm³/mol. The highest BCUT2D eigenvalue weighted by molar-refractivity contribution is 5.27. The zero-order valence-electron chi connectivity index (χ0n) is 7.85. The zero-order chi connectivity index (χ0) is 9.55. The molecule has 78 valence electrons. The van der Waals surface area contributed by atoms with E-state index in [1.54, 1.807) is 0 Å². The predicted octanol–water partition coefficient (Wildman–Crippen LogP) is -0.429. The highest BCUT2D eigenvalue weighted by atomic mass is 16.7. The van der Waals surface area contributed by atoms with Crippen molar-refractivity contribution in [2.75, 3.05) is 0 Å². The second kappa shape index (κ2) is 2.02. The van der Waals surface area contributed by atoms with Gasteiger partial charge in [0.1, 0.15) is 11.2 Å². The lowest BCUT2D eigenvalue weighted by molar-refractivity contribution is -0.0248. The summed E-state index contributed by atoms with van der Waals surface area (Å²) in [5.41, 5.74) is -0.299. The number of ether oxygens (including phenoxy) is 2. The van der Waals surface area contributed by atoms with Crippen LogP contribution in [0.4, 0.5) is 0 Å². The third-order valence-corrected chi connectivity index (χ3v) is 4.45. The van der Waals surface area contributed by atoms with Gasteiger partial charge in [-0.3, -0.25) is 0 Å². The van der Waals surface area contributed by atoms with Gasteiger partial charge in [0.25, 0.3) is 0 Å². The Balaban J connectivity index is 1.68. The molecule has 4 rings (SSSR count). The molecule has 0 bridgehead atoms. The molecule has 0 radical (unpaired) electrons. The fraction of sp³-hybridized carbons (Fsp3) is 1.00. The molecule has 0 spiro atoms. The molecule has 2 heterocycles. The van der Waals surface area contributed by atoms with E-state index in [0.717, 1.165) is 12.8 Å². The van der Waals surface area contributed by atoms with E-state index in [1.165, 1.54) is 0 Å². The van der Waals surface area contributed by atoms with E-state index < -0.39 is 12.2 Å². The molecule has 4 heteroatoms. The Morgan fingerprint density at radius 2 is 1.36 bits per heavy atom. The molecule has 2 aliphatic heterocycles. The summed E-state index contributed by atoms with van der Waals surface area (Å²) < 4.78 is 11.3. The van der Waals surface area contributed by atoms with Crippen LogP contribution >= 0.6 is 0 Å². The van der Waals surface area contributed by atoms with E-state index in [1.807, 2.05) is 0 Å². The summed E-state index contributed by atoms with van der Waals surface area (Å²) in [5, 5.41) is 19.3. The van der Waals surface area contributed by atoms with Gasteiger partial charge >= 0.3 is 0 Å². The summed E-state index contributed by atoms with van der Waals surface area (Å²) in [7, 11) is 0. The van der Waals surface area contributed by atoms with E-state index in [-0.39, 0.29) is 11.2 Å². The fourth-order valence-corrected chi connectivity index (χ4v) is 3.56. The van der Waals surface area contributed by atoms with Crippen molar-refractivity contribution in [1.29, 1.82) is 0 Å². The summed E-state index contributed by atoms with van der Waals surface area (Å²) >= 11 is 0. The second-order valence-corrected chi connectivity index (χ2v) is 5.25. The van der Waals surface area contributed by atoms with E-state index in [2.05, 4.69) is 0 Å². The molecule has 0 aromatic rings. The Labute approximate surface area is 81.8 Å². The van der Waals surface area contributed by atoms with Crippen LogP contribution in [-0.4, -0.2) is 45.8 Å². The molecule has 0 aromatic heterocycles. The first kappa shape index (κ1) is 8.05. The van der Waals surface area contributed by atoms with Crippen LogP contribution in [0, 0.1) is 0 Å². The lowest BCUT2D eigenvalue weighted by Gasteiger charge is -2.33. The molecule has 4 nitrogen and oxygen atoms in total. The van der Waals surface area contributed by atoms with Crippen molar-refractivity contribution in [2.24, 2.45) is 0 Å². The maximum Gasteiger partial charge on any atom is 0.103 e. The van der Waals surface area contributed by atoms with Crippen molar-refractivity contribution in [1.82, 2.24) is 0 Å². The van der Waals surface area contributed by atoms with Crippen molar-refractivity contribution in [3.8, 4) is 0 Å². The fourth-order valence-electron chi connectivity index (χ4n) is 3.56. The van der Waals surface area contributed by atoms with Gasteiger partial charge in [-0.05, 0) is 0 Å². The lowest BCUT2D eigenvalue weighted by atomic mass is 9.69. The molecule has 14 heavy (non-hydrogen) atoms. The van der Waals surface area contributed by atoms with Crippen molar-refractivity contribution in [2.45, 2.75) is 61.3 Å². The first-order valence-electron chi connectivity index (χ1n) is 5.36. The molecule has 2 saturated heterocycles. The van der Waals surface area contributed by atoms with Crippen LogP contribution in [0.2, 0.25) is 0 Å². The number of aliphatic hydroxyl groups excluding tert-OH is 2.